The Morgan fingerprint density at radius 3 is 2.71 bits per heavy atom. The maximum Gasteiger partial charge on any atom is 0.335 e. The average Bonchev–Trinajstić information content (AvgIpc) is 2.15. The number of hydrogen-bond acceptors (Lipinski definition) is 2. The van der Waals surface area contributed by atoms with Gasteiger partial charge in [-0.1, -0.05) is 11.6 Å². The summed E-state index contributed by atoms with van der Waals surface area (Å²) in [6.07, 6.45) is 0. The van der Waals surface area contributed by atoms with E-state index in [-0.39, 0.29) is 5.56 Å². The second kappa shape index (κ2) is 4.68. The molecule has 0 amide bonds. The third kappa shape index (κ3) is 2.64. The summed E-state index contributed by atoms with van der Waals surface area (Å²) in [7, 11) is 0. The minimum Gasteiger partial charge on any atom is -0.611 e. The fraction of sp³-hybridized carbons (Fsp3) is 0.222. The zero-order chi connectivity index (χ0) is 10.7. The van der Waals surface area contributed by atoms with Crippen LogP contribution in [-0.4, -0.2) is 21.4 Å². The van der Waals surface area contributed by atoms with Crippen molar-refractivity contribution >= 4 is 28.7 Å². The van der Waals surface area contributed by atoms with Crippen LogP contribution < -0.4 is 0 Å². The Labute approximate surface area is 89.9 Å². The zero-order valence-corrected chi connectivity index (χ0v) is 9.06. The maximum atomic E-state index is 11.4. The number of carbonyl (C=O) groups is 1. The summed E-state index contributed by atoms with van der Waals surface area (Å²) in [5.41, 5.74) is 0.0642. The molecule has 0 radical (unpaired) electrons. The Bertz CT molecular complexity index is 354. The Balaban J connectivity index is 3.13. The number of rotatable bonds is 3. The van der Waals surface area contributed by atoms with E-state index in [4.69, 9.17) is 16.7 Å². The van der Waals surface area contributed by atoms with Gasteiger partial charge in [0, 0.05) is 17.2 Å². The predicted molar refractivity (Wildman–Crippen MR) is 55.4 cm³/mol. The van der Waals surface area contributed by atoms with Gasteiger partial charge in [0.05, 0.1) is 5.56 Å². The molecule has 1 unspecified atom stereocenters. The monoisotopic (exact) mass is 232 g/mol. The van der Waals surface area contributed by atoms with Gasteiger partial charge in [-0.2, -0.15) is 0 Å². The fourth-order valence-corrected chi connectivity index (χ4v) is 2.13. The van der Waals surface area contributed by atoms with Crippen LogP contribution in [0.5, 0.6) is 0 Å². The van der Waals surface area contributed by atoms with Crippen LogP contribution in [0, 0.1) is 0 Å². The van der Waals surface area contributed by atoms with Crippen molar-refractivity contribution in [1.82, 2.24) is 0 Å². The topological polar surface area (TPSA) is 60.4 Å². The van der Waals surface area contributed by atoms with E-state index in [1.807, 2.05) is 0 Å². The Kier molecular flexibility index (Phi) is 3.80. The number of halogens is 1. The smallest absolute Gasteiger partial charge is 0.335 e. The van der Waals surface area contributed by atoms with E-state index < -0.39 is 17.1 Å². The first-order chi connectivity index (χ1) is 6.54. The van der Waals surface area contributed by atoms with E-state index in [1.165, 1.54) is 18.2 Å². The van der Waals surface area contributed by atoms with Gasteiger partial charge in [-0.15, -0.1) is 0 Å². The van der Waals surface area contributed by atoms with Gasteiger partial charge >= 0.3 is 5.97 Å². The molecule has 0 aliphatic heterocycles. The lowest BCUT2D eigenvalue weighted by atomic mass is 10.2. The molecule has 0 aromatic heterocycles. The van der Waals surface area contributed by atoms with Crippen LogP contribution in [0.2, 0.25) is 5.02 Å². The average molecular weight is 233 g/mol. The number of carboxylic acids is 1. The SMILES string of the molecule is CC[S+]([O-])c1cc(Cl)cc(C(=O)O)c1. The van der Waals surface area contributed by atoms with Gasteiger partial charge in [-0.05, 0) is 24.2 Å². The Hall–Kier alpha value is -0.710. The summed E-state index contributed by atoms with van der Waals surface area (Å²) in [5.74, 6) is -0.624. The van der Waals surface area contributed by atoms with Crippen molar-refractivity contribution in [3.63, 3.8) is 0 Å². The van der Waals surface area contributed by atoms with E-state index in [0.29, 0.717) is 15.7 Å². The largest absolute Gasteiger partial charge is 0.611 e. The fourth-order valence-electron chi connectivity index (χ4n) is 0.984. The number of benzene rings is 1. The molecule has 76 valence electrons. The lowest BCUT2D eigenvalue weighted by Crippen LogP contribution is -2.06. The van der Waals surface area contributed by atoms with Crippen molar-refractivity contribution in [2.24, 2.45) is 0 Å². The standard InChI is InChI=1S/C9H9ClO3S/c1-2-14(13)8-4-6(9(11)12)3-7(10)5-8/h3-5H,2H2,1H3,(H,11,12). The quantitative estimate of drug-likeness (QED) is 0.813. The summed E-state index contributed by atoms with van der Waals surface area (Å²) >= 11 is 4.52. The van der Waals surface area contributed by atoms with Crippen molar-refractivity contribution < 1.29 is 14.5 Å². The molecule has 1 aromatic carbocycles. The van der Waals surface area contributed by atoms with Crippen molar-refractivity contribution in [1.29, 1.82) is 0 Å². The van der Waals surface area contributed by atoms with Gasteiger partial charge in [0.2, 0.25) is 0 Å². The summed E-state index contributed by atoms with van der Waals surface area (Å²) < 4.78 is 11.4. The van der Waals surface area contributed by atoms with E-state index >= 15 is 0 Å². The Morgan fingerprint density at radius 2 is 2.21 bits per heavy atom. The first kappa shape index (κ1) is 11.4. The van der Waals surface area contributed by atoms with Crippen LogP contribution in [0.1, 0.15) is 17.3 Å². The second-order valence-corrected chi connectivity index (χ2v) is 4.79. The first-order valence-electron chi connectivity index (χ1n) is 3.97. The molecule has 0 saturated carbocycles. The van der Waals surface area contributed by atoms with Crippen molar-refractivity contribution in [3.05, 3.63) is 28.8 Å². The molecule has 0 fully saturated rings. The van der Waals surface area contributed by atoms with E-state index in [2.05, 4.69) is 0 Å². The van der Waals surface area contributed by atoms with Gasteiger partial charge in [-0.25, -0.2) is 4.79 Å². The zero-order valence-electron chi connectivity index (χ0n) is 7.49. The minimum atomic E-state index is -1.18. The third-order valence-electron chi connectivity index (χ3n) is 1.64. The Morgan fingerprint density at radius 1 is 1.57 bits per heavy atom. The molecular weight excluding hydrogens is 224 g/mol. The molecule has 14 heavy (non-hydrogen) atoms. The lowest BCUT2D eigenvalue weighted by molar-refractivity contribution is 0.0696. The van der Waals surface area contributed by atoms with Gasteiger partial charge in [0.25, 0.3) is 0 Å². The van der Waals surface area contributed by atoms with E-state index in [1.54, 1.807) is 6.92 Å². The molecule has 1 N–H and O–H groups in total. The van der Waals surface area contributed by atoms with E-state index in [0.717, 1.165) is 0 Å². The molecular formula is C9H9ClO3S. The second-order valence-electron chi connectivity index (χ2n) is 2.61. The highest BCUT2D eigenvalue weighted by atomic mass is 35.5. The highest BCUT2D eigenvalue weighted by Gasteiger charge is 2.13. The molecule has 0 bridgehead atoms. The van der Waals surface area contributed by atoms with Crippen LogP contribution in [0.3, 0.4) is 0 Å². The van der Waals surface area contributed by atoms with Gasteiger partial charge < -0.3 is 9.66 Å². The van der Waals surface area contributed by atoms with Gasteiger partial charge in [0.15, 0.2) is 4.90 Å². The number of aromatic carboxylic acids is 1. The van der Waals surface area contributed by atoms with Crippen molar-refractivity contribution in [2.75, 3.05) is 5.75 Å². The summed E-state index contributed by atoms with van der Waals surface area (Å²) in [6, 6.07) is 4.24. The molecule has 0 heterocycles. The molecule has 0 aliphatic rings. The number of carboxylic acid groups (broad SMARTS) is 1. The molecule has 1 atom stereocenters. The summed E-state index contributed by atoms with van der Waals surface area (Å²) in [5, 5.41) is 9.02. The van der Waals surface area contributed by atoms with Crippen molar-refractivity contribution in [2.45, 2.75) is 11.8 Å². The van der Waals surface area contributed by atoms with Crippen molar-refractivity contribution in [3.8, 4) is 0 Å². The van der Waals surface area contributed by atoms with Gasteiger partial charge in [-0.3, -0.25) is 0 Å². The predicted octanol–water partition coefficient (Wildman–Crippen LogP) is 2.17. The summed E-state index contributed by atoms with van der Waals surface area (Å²) in [6.45, 7) is 1.76. The van der Waals surface area contributed by atoms with Crippen LogP contribution in [0.15, 0.2) is 23.1 Å². The molecule has 0 spiro atoms. The molecule has 0 aliphatic carbocycles. The van der Waals surface area contributed by atoms with Crippen LogP contribution in [0.25, 0.3) is 0 Å². The van der Waals surface area contributed by atoms with Crippen LogP contribution >= 0.6 is 11.6 Å². The minimum absolute atomic E-state index is 0.0642. The highest BCUT2D eigenvalue weighted by Crippen LogP contribution is 2.20. The molecule has 5 heteroatoms. The third-order valence-corrected chi connectivity index (χ3v) is 3.15. The number of hydrogen-bond donors (Lipinski definition) is 1. The maximum absolute atomic E-state index is 11.4. The first-order valence-corrected chi connectivity index (χ1v) is 5.66. The van der Waals surface area contributed by atoms with E-state index in [9.17, 15) is 9.35 Å². The molecule has 1 aromatic rings. The van der Waals surface area contributed by atoms with Gasteiger partial charge in [0.1, 0.15) is 5.75 Å². The molecule has 0 saturated heterocycles. The summed E-state index contributed by atoms with van der Waals surface area (Å²) in [4.78, 5) is 11.1. The van der Waals surface area contributed by atoms with Crippen LogP contribution in [-0.2, 0) is 11.2 Å². The molecule has 3 nitrogen and oxygen atoms in total. The lowest BCUT2D eigenvalue weighted by Gasteiger charge is -2.08. The highest BCUT2D eigenvalue weighted by molar-refractivity contribution is 7.91. The van der Waals surface area contributed by atoms with Crippen LogP contribution in [0.4, 0.5) is 0 Å². The normalized spacial score (nSPS) is 12.5. The molecule has 1 rings (SSSR count).